The largest absolute Gasteiger partial charge is 0.481 e. The molecule has 1 aromatic heterocycles. The molecular weight excluding hydrogens is 208 g/mol. The van der Waals surface area contributed by atoms with E-state index in [9.17, 15) is 9.59 Å². The van der Waals surface area contributed by atoms with Crippen LogP contribution < -0.4 is 5.32 Å². The number of aromatic nitrogens is 1. The Hall–Kier alpha value is -1.78. The van der Waals surface area contributed by atoms with Gasteiger partial charge in [0, 0.05) is 18.8 Å². The van der Waals surface area contributed by atoms with Crippen LogP contribution in [0.25, 0.3) is 0 Å². The van der Waals surface area contributed by atoms with Crippen molar-refractivity contribution in [3.8, 4) is 0 Å². The maximum absolute atomic E-state index is 11.7. The summed E-state index contributed by atoms with van der Waals surface area (Å²) in [6.07, 6.45) is -0.0743. The maximum atomic E-state index is 11.7. The predicted octanol–water partition coefficient (Wildman–Crippen LogP) is 0.927. The minimum Gasteiger partial charge on any atom is -0.481 e. The van der Waals surface area contributed by atoms with Gasteiger partial charge in [0.25, 0.3) is 5.91 Å². The van der Waals surface area contributed by atoms with Crippen molar-refractivity contribution in [2.24, 2.45) is 7.05 Å². The minimum absolute atomic E-state index is 0.0743. The van der Waals surface area contributed by atoms with Crippen molar-refractivity contribution < 1.29 is 14.7 Å². The number of nitrogens with one attached hydrogen (secondary N) is 1. The molecule has 88 valence electrons. The molecule has 1 heterocycles. The van der Waals surface area contributed by atoms with E-state index in [1.165, 1.54) is 0 Å². The standard InChI is InChI=1S/C11H16N2O3/c1-7(6-10(14)15)12-11(16)9-5-4-8(2)13(9)3/h4-5,7H,6H2,1-3H3,(H,12,16)(H,14,15). The molecule has 1 atom stereocenters. The van der Waals surface area contributed by atoms with Gasteiger partial charge in [0.2, 0.25) is 0 Å². The molecule has 5 heteroatoms. The molecule has 0 aliphatic rings. The van der Waals surface area contributed by atoms with E-state index in [1.54, 1.807) is 24.6 Å². The highest BCUT2D eigenvalue weighted by atomic mass is 16.4. The maximum Gasteiger partial charge on any atom is 0.305 e. The second kappa shape index (κ2) is 4.83. The average Bonchev–Trinajstić information content (AvgIpc) is 2.45. The van der Waals surface area contributed by atoms with Gasteiger partial charge in [-0.25, -0.2) is 0 Å². The van der Waals surface area contributed by atoms with Crippen LogP contribution in [0.1, 0.15) is 29.5 Å². The quantitative estimate of drug-likeness (QED) is 0.799. The van der Waals surface area contributed by atoms with E-state index in [-0.39, 0.29) is 18.4 Å². The van der Waals surface area contributed by atoms with Gasteiger partial charge >= 0.3 is 5.97 Å². The molecule has 0 spiro atoms. The summed E-state index contributed by atoms with van der Waals surface area (Å²) in [5.41, 5.74) is 1.52. The molecule has 0 radical (unpaired) electrons. The van der Waals surface area contributed by atoms with Gasteiger partial charge in [-0.15, -0.1) is 0 Å². The fourth-order valence-electron chi connectivity index (χ4n) is 1.45. The average molecular weight is 224 g/mol. The lowest BCUT2D eigenvalue weighted by Crippen LogP contribution is -2.35. The highest BCUT2D eigenvalue weighted by Crippen LogP contribution is 2.06. The lowest BCUT2D eigenvalue weighted by atomic mass is 10.2. The summed E-state index contributed by atoms with van der Waals surface area (Å²) in [5.74, 6) is -1.17. The van der Waals surface area contributed by atoms with Crippen molar-refractivity contribution in [3.63, 3.8) is 0 Å². The van der Waals surface area contributed by atoms with Gasteiger partial charge in [0.05, 0.1) is 6.42 Å². The van der Waals surface area contributed by atoms with Gasteiger partial charge in [-0.05, 0) is 26.0 Å². The van der Waals surface area contributed by atoms with E-state index in [1.807, 2.05) is 13.0 Å². The summed E-state index contributed by atoms with van der Waals surface area (Å²) < 4.78 is 1.77. The molecule has 0 bridgehead atoms. The fraction of sp³-hybridized carbons (Fsp3) is 0.455. The zero-order valence-corrected chi connectivity index (χ0v) is 9.65. The molecule has 0 aliphatic carbocycles. The molecular formula is C11H16N2O3. The van der Waals surface area contributed by atoms with Gasteiger partial charge < -0.3 is 15.0 Å². The summed E-state index contributed by atoms with van der Waals surface area (Å²) in [6.45, 7) is 3.57. The summed E-state index contributed by atoms with van der Waals surface area (Å²) in [6, 6.07) is 3.19. The Balaban J connectivity index is 2.66. The Morgan fingerprint density at radius 3 is 2.56 bits per heavy atom. The number of carbonyl (C=O) groups is 2. The molecule has 0 fully saturated rings. The van der Waals surface area contributed by atoms with E-state index in [0.717, 1.165) is 5.69 Å². The normalized spacial score (nSPS) is 12.2. The summed E-state index contributed by atoms with van der Waals surface area (Å²) >= 11 is 0. The monoisotopic (exact) mass is 224 g/mol. The first-order valence-electron chi connectivity index (χ1n) is 5.06. The lowest BCUT2D eigenvalue weighted by molar-refractivity contribution is -0.137. The van der Waals surface area contributed by atoms with Crippen molar-refractivity contribution in [1.29, 1.82) is 0 Å². The number of carboxylic acids is 1. The second-order valence-electron chi connectivity index (χ2n) is 3.89. The second-order valence-corrected chi connectivity index (χ2v) is 3.89. The Labute approximate surface area is 94.1 Å². The molecule has 0 saturated heterocycles. The van der Waals surface area contributed by atoms with Gasteiger partial charge in [0.15, 0.2) is 0 Å². The molecule has 1 aromatic rings. The Morgan fingerprint density at radius 1 is 1.50 bits per heavy atom. The number of amides is 1. The van der Waals surface area contributed by atoms with Crippen molar-refractivity contribution in [2.75, 3.05) is 0 Å². The van der Waals surface area contributed by atoms with Crippen LogP contribution in [0.2, 0.25) is 0 Å². The number of carbonyl (C=O) groups excluding carboxylic acids is 1. The molecule has 5 nitrogen and oxygen atoms in total. The topological polar surface area (TPSA) is 71.3 Å². The van der Waals surface area contributed by atoms with Crippen molar-refractivity contribution in [2.45, 2.75) is 26.3 Å². The first kappa shape index (κ1) is 12.3. The number of aryl methyl sites for hydroxylation is 1. The van der Waals surface area contributed by atoms with E-state index < -0.39 is 5.97 Å². The zero-order chi connectivity index (χ0) is 12.3. The summed E-state index contributed by atoms with van der Waals surface area (Å²) in [4.78, 5) is 22.2. The first-order chi connectivity index (χ1) is 7.41. The minimum atomic E-state index is -0.920. The van der Waals surface area contributed by atoms with Crippen LogP contribution in [0.3, 0.4) is 0 Å². The predicted molar refractivity (Wildman–Crippen MR) is 59.3 cm³/mol. The van der Waals surface area contributed by atoms with Crippen molar-refractivity contribution in [1.82, 2.24) is 9.88 Å². The first-order valence-corrected chi connectivity index (χ1v) is 5.06. The van der Waals surface area contributed by atoms with Gasteiger partial charge in [-0.3, -0.25) is 9.59 Å². The number of rotatable bonds is 4. The fourth-order valence-corrected chi connectivity index (χ4v) is 1.45. The smallest absolute Gasteiger partial charge is 0.305 e. The Bertz CT molecular complexity index is 409. The van der Waals surface area contributed by atoms with Crippen molar-refractivity contribution >= 4 is 11.9 Å². The van der Waals surface area contributed by atoms with Crippen molar-refractivity contribution in [3.05, 3.63) is 23.5 Å². The Kier molecular flexibility index (Phi) is 3.71. The van der Waals surface area contributed by atoms with Gasteiger partial charge in [-0.1, -0.05) is 0 Å². The number of nitrogens with zero attached hydrogens (tertiary/aromatic N) is 1. The third-order valence-electron chi connectivity index (χ3n) is 2.46. The number of carboxylic acid groups (broad SMARTS) is 1. The number of hydrogen-bond donors (Lipinski definition) is 2. The van der Waals surface area contributed by atoms with Crippen LogP contribution in [0, 0.1) is 6.92 Å². The van der Waals surface area contributed by atoms with Crippen LogP contribution in [0.5, 0.6) is 0 Å². The highest BCUT2D eigenvalue weighted by molar-refractivity contribution is 5.93. The molecule has 0 saturated carbocycles. The summed E-state index contributed by atoms with van der Waals surface area (Å²) in [5, 5.41) is 11.2. The van der Waals surface area contributed by atoms with Gasteiger partial charge in [0.1, 0.15) is 5.69 Å². The van der Waals surface area contributed by atoms with E-state index in [4.69, 9.17) is 5.11 Å². The van der Waals surface area contributed by atoms with Crippen LogP contribution in [-0.2, 0) is 11.8 Å². The third-order valence-corrected chi connectivity index (χ3v) is 2.46. The SMILES string of the molecule is Cc1ccc(C(=O)NC(C)CC(=O)O)n1C. The molecule has 1 unspecified atom stereocenters. The van der Waals surface area contributed by atoms with E-state index in [0.29, 0.717) is 5.69 Å². The molecule has 2 N–H and O–H groups in total. The number of aliphatic carboxylic acids is 1. The van der Waals surface area contributed by atoms with Crippen LogP contribution in [0.4, 0.5) is 0 Å². The molecule has 1 rings (SSSR count). The van der Waals surface area contributed by atoms with Crippen LogP contribution >= 0.6 is 0 Å². The molecule has 16 heavy (non-hydrogen) atoms. The Morgan fingerprint density at radius 2 is 2.12 bits per heavy atom. The van der Waals surface area contributed by atoms with E-state index >= 15 is 0 Å². The molecule has 0 aliphatic heterocycles. The third kappa shape index (κ3) is 2.85. The van der Waals surface area contributed by atoms with Gasteiger partial charge in [-0.2, -0.15) is 0 Å². The molecule has 1 amide bonds. The highest BCUT2D eigenvalue weighted by Gasteiger charge is 2.15. The molecule has 0 aromatic carbocycles. The summed E-state index contributed by atoms with van der Waals surface area (Å²) in [7, 11) is 1.80. The van der Waals surface area contributed by atoms with Crippen LogP contribution in [0.15, 0.2) is 12.1 Å². The van der Waals surface area contributed by atoms with Crippen LogP contribution in [-0.4, -0.2) is 27.6 Å². The zero-order valence-electron chi connectivity index (χ0n) is 9.65. The van der Waals surface area contributed by atoms with E-state index in [2.05, 4.69) is 5.32 Å². The number of hydrogen-bond acceptors (Lipinski definition) is 2. The lowest BCUT2D eigenvalue weighted by Gasteiger charge is -2.12.